The Kier molecular flexibility index (Phi) is 3.56. The highest BCUT2D eigenvalue weighted by atomic mass is 16.5. The van der Waals surface area contributed by atoms with Crippen LogP contribution in [0.25, 0.3) is 17.2 Å². The van der Waals surface area contributed by atoms with Crippen LogP contribution >= 0.6 is 0 Å². The summed E-state index contributed by atoms with van der Waals surface area (Å²) < 4.78 is 11.4. The summed E-state index contributed by atoms with van der Waals surface area (Å²) in [6.45, 7) is 0. The maximum atomic E-state index is 11.9. The molecular weight excluding hydrogens is 350 g/mol. The van der Waals surface area contributed by atoms with Gasteiger partial charge in [-0.15, -0.1) is 0 Å². The fourth-order valence-electron chi connectivity index (χ4n) is 4.13. The van der Waals surface area contributed by atoms with Crippen LogP contribution in [0, 0.1) is 0 Å². The third-order valence-corrected chi connectivity index (χ3v) is 5.55. The second-order valence-electron chi connectivity index (χ2n) is 7.00. The van der Waals surface area contributed by atoms with Gasteiger partial charge in [0.2, 0.25) is 5.72 Å². The molecule has 4 heteroatoms. The van der Waals surface area contributed by atoms with Crippen LogP contribution in [0.5, 0.6) is 5.75 Å². The Bertz CT molecular complexity index is 1130. The largest absolute Gasteiger partial charge is 0.465 e. The molecule has 4 nitrogen and oxygen atoms in total. The van der Waals surface area contributed by atoms with Crippen molar-refractivity contribution in [2.45, 2.75) is 5.72 Å². The van der Waals surface area contributed by atoms with E-state index in [1.807, 2.05) is 31.3 Å². The number of fused-ring (bicyclic) bond motifs is 5. The van der Waals surface area contributed by atoms with Crippen molar-refractivity contribution in [1.82, 2.24) is 0 Å². The van der Waals surface area contributed by atoms with Crippen molar-refractivity contribution in [2.24, 2.45) is 0 Å². The highest BCUT2D eigenvalue weighted by Gasteiger charge is 2.44. The van der Waals surface area contributed by atoms with Crippen LogP contribution in [0.3, 0.4) is 0 Å². The summed E-state index contributed by atoms with van der Waals surface area (Å²) in [5, 5.41) is 0. The van der Waals surface area contributed by atoms with Crippen LogP contribution in [-0.4, -0.2) is 20.1 Å². The van der Waals surface area contributed by atoms with E-state index in [0.29, 0.717) is 5.56 Å². The molecule has 3 aromatic rings. The molecule has 0 aromatic heterocycles. The first-order valence-corrected chi connectivity index (χ1v) is 9.17. The molecule has 3 aromatic carbocycles. The molecule has 2 heterocycles. The van der Waals surface area contributed by atoms with E-state index in [1.54, 1.807) is 12.1 Å². The summed E-state index contributed by atoms with van der Waals surface area (Å²) in [5.41, 5.74) is 5.18. The number of hydrogen-bond donors (Lipinski definition) is 0. The van der Waals surface area contributed by atoms with Crippen LogP contribution in [-0.2, 0) is 10.5 Å². The van der Waals surface area contributed by atoms with E-state index in [-0.39, 0.29) is 5.97 Å². The number of para-hydroxylation sites is 1. The fraction of sp³-hybridized carbons (Fsp3) is 0.125. The molecule has 0 bridgehead atoms. The number of hydrogen-bond acceptors (Lipinski definition) is 4. The number of carbonyl (C=O) groups is 1. The Morgan fingerprint density at radius 2 is 1.75 bits per heavy atom. The maximum absolute atomic E-state index is 11.9. The molecule has 0 fully saturated rings. The highest BCUT2D eigenvalue weighted by molar-refractivity contribution is 5.91. The molecule has 5 rings (SSSR count). The van der Waals surface area contributed by atoms with Crippen molar-refractivity contribution in [3.63, 3.8) is 0 Å². The molecular formula is C24H19NO3. The number of carbonyl (C=O) groups excluding carboxylic acids is 1. The second kappa shape index (κ2) is 5.99. The van der Waals surface area contributed by atoms with Gasteiger partial charge in [0.15, 0.2) is 0 Å². The SMILES string of the molecule is COC(=O)c1ccc2c(c1)C=CC1(O2)c2ccccc2-c2ccccc2N1C. The summed E-state index contributed by atoms with van der Waals surface area (Å²) >= 11 is 0. The molecule has 138 valence electrons. The van der Waals surface area contributed by atoms with Gasteiger partial charge in [0.1, 0.15) is 5.75 Å². The summed E-state index contributed by atoms with van der Waals surface area (Å²) in [4.78, 5) is 14.0. The van der Waals surface area contributed by atoms with E-state index in [1.165, 1.54) is 12.7 Å². The number of rotatable bonds is 1. The van der Waals surface area contributed by atoms with E-state index in [9.17, 15) is 4.79 Å². The lowest BCUT2D eigenvalue weighted by molar-refractivity contribution is 0.0600. The molecule has 1 unspecified atom stereocenters. The van der Waals surface area contributed by atoms with Gasteiger partial charge in [0, 0.05) is 29.4 Å². The highest BCUT2D eigenvalue weighted by Crippen LogP contribution is 2.50. The summed E-state index contributed by atoms with van der Waals surface area (Å²) in [7, 11) is 3.43. The number of esters is 1. The van der Waals surface area contributed by atoms with Gasteiger partial charge in [-0.2, -0.15) is 0 Å². The van der Waals surface area contributed by atoms with Crippen LogP contribution in [0.15, 0.2) is 72.8 Å². The minimum absolute atomic E-state index is 0.356. The van der Waals surface area contributed by atoms with Gasteiger partial charge in [-0.25, -0.2) is 4.79 Å². The number of nitrogens with zero attached hydrogens (tertiary/aromatic N) is 1. The number of benzene rings is 3. The predicted molar refractivity (Wildman–Crippen MR) is 109 cm³/mol. The smallest absolute Gasteiger partial charge is 0.337 e. The first-order valence-electron chi connectivity index (χ1n) is 9.17. The molecule has 28 heavy (non-hydrogen) atoms. The summed E-state index contributed by atoms with van der Waals surface area (Å²) in [5.74, 6) is 0.377. The van der Waals surface area contributed by atoms with Crippen molar-refractivity contribution in [2.75, 3.05) is 19.1 Å². The van der Waals surface area contributed by atoms with Crippen molar-refractivity contribution in [1.29, 1.82) is 0 Å². The minimum atomic E-state index is -0.745. The quantitative estimate of drug-likeness (QED) is 0.575. The summed E-state index contributed by atoms with van der Waals surface area (Å²) in [6.07, 6.45) is 4.08. The fourth-order valence-corrected chi connectivity index (χ4v) is 4.13. The molecule has 0 radical (unpaired) electrons. The zero-order valence-electron chi connectivity index (χ0n) is 15.7. The minimum Gasteiger partial charge on any atom is -0.465 e. The standard InChI is InChI=1S/C24H19NO3/c1-25-21-10-6-4-8-19(21)18-7-3-5-9-20(18)24(25)14-13-16-15-17(23(26)27-2)11-12-22(16)28-24/h3-15H,1-2H3. The zero-order valence-corrected chi connectivity index (χ0v) is 15.7. The van der Waals surface area contributed by atoms with E-state index < -0.39 is 5.72 Å². The number of methoxy groups -OCH3 is 1. The molecule has 0 saturated carbocycles. The Labute approximate surface area is 163 Å². The van der Waals surface area contributed by atoms with Gasteiger partial charge < -0.3 is 14.4 Å². The van der Waals surface area contributed by atoms with E-state index >= 15 is 0 Å². The second-order valence-corrected chi connectivity index (χ2v) is 7.00. The van der Waals surface area contributed by atoms with Crippen molar-refractivity contribution >= 4 is 17.7 Å². The van der Waals surface area contributed by atoms with Gasteiger partial charge in [-0.3, -0.25) is 0 Å². The maximum Gasteiger partial charge on any atom is 0.337 e. The first kappa shape index (κ1) is 16.6. The zero-order chi connectivity index (χ0) is 19.3. The Hall–Kier alpha value is -3.53. The predicted octanol–water partition coefficient (Wildman–Crippen LogP) is 4.85. The monoisotopic (exact) mass is 369 g/mol. The molecule has 2 aliphatic heterocycles. The average Bonchev–Trinajstić information content (AvgIpc) is 2.76. The molecule has 1 spiro atoms. The summed E-state index contributed by atoms with van der Waals surface area (Å²) in [6, 6.07) is 22.1. The van der Waals surface area contributed by atoms with Crippen molar-refractivity contribution < 1.29 is 14.3 Å². The normalized spacial score (nSPS) is 18.7. The Balaban J connectivity index is 1.68. The lowest BCUT2D eigenvalue weighted by atomic mass is 9.84. The Morgan fingerprint density at radius 3 is 2.57 bits per heavy atom. The Morgan fingerprint density at radius 1 is 1.00 bits per heavy atom. The van der Waals surface area contributed by atoms with Gasteiger partial charge in [0.25, 0.3) is 0 Å². The van der Waals surface area contributed by atoms with Crippen LogP contribution in [0.1, 0.15) is 21.5 Å². The molecule has 2 aliphatic rings. The van der Waals surface area contributed by atoms with Crippen LogP contribution in [0.2, 0.25) is 0 Å². The lowest BCUT2D eigenvalue weighted by Crippen LogP contribution is -2.50. The number of ether oxygens (including phenoxy) is 2. The van der Waals surface area contributed by atoms with Crippen LogP contribution < -0.4 is 9.64 Å². The van der Waals surface area contributed by atoms with E-state index in [4.69, 9.17) is 9.47 Å². The van der Waals surface area contributed by atoms with Crippen LogP contribution in [0.4, 0.5) is 5.69 Å². The third kappa shape index (κ3) is 2.21. The molecule has 0 saturated heterocycles. The number of anilines is 1. The van der Waals surface area contributed by atoms with E-state index in [0.717, 1.165) is 28.1 Å². The lowest BCUT2D eigenvalue weighted by Gasteiger charge is -2.47. The van der Waals surface area contributed by atoms with Crippen molar-refractivity contribution in [3.8, 4) is 16.9 Å². The average molecular weight is 369 g/mol. The van der Waals surface area contributed by atoms with Gasteiger partial charge in [-0.1, -0.05) is 42.5 Å². The van der Waals surface area contributed by atoms with Crippen molar-refractivity contribution in [3.05, 3.63) is 89.5 Å². The van der Waals surface area contributed by atoms with Gasteiger partial charge in [-0.05, 0) is 42.0 Å². The third-order valence-electron chi connectivity index (χ3n) is 5.55. The molecule has 1 atom stereocenters. The topological polar surface area (TPSA) is 38.8 Å². The first-order chi connectivity index (χ1) is 13.6. The van der Waals surface area contributed by atoms with Gasteiger partial charge >= 0.3 is 5.97 Å². The molecule has 0 N–H and O–H groups in total. The molecule has 0 amide bonds. The molecule has 0 aliphatic carbocycles. The van der Waals surface area contributed by atoms with E-state index in [2.05, 4.69) is 47.4 Å². The van der Waals surface area contributed by atoms with Gasteiger partial charge in [0.05, 0.1) is 12.7 Å². The number of likely N-dealkylation sites (N-methyl/N-ethyl adjacent to an activating group) is 1.